The average molecular weight is 273 g/mol. The van der Waals surface area contributed by atoms with Gasteiger partial charge < -0.3 is 14.5 Å². The van der Waals surface area contributed by atoms with E-state index in [1.54, 1.807) is 0 Å². The zero-order valence-corrected chi connectivity index (χ0v) is 11.6. The molecule has 0 saturated carbocycles. The fourth-order valence-corrected chi connectivity index (χ4v) is 2.42. The Hall–Kier alpha value is -1.88. The standard InChI is InChI=1S/C15H19N3O2/c1-11-4-2-3-5-13(11)19-10-14-17-18-15(20-14)12-6-8-16-9-7-12/h2-5,12,16H,6-10H2,1H3. The van der Waals surface area contributed by atoms with Crippen LogP contribution < -0.4 is 10.1 Å². The summed E-state index contributed by atoms with van der Waals surface area (Å²) >= 11 is 0. The first-order chi connectivity index (χ1) is 9.83. The van der Waals surface area contributed by atoms with Gasteiger partial charge in [-0.05, 0) is 44.5 Å². The van der Waals surface area contributed by atoms with Crippen molar-refractivity contribution in [3.05, 3.63) is 41.6 Å². The number of nitrogens with one attached hydrogen (secondary N) is 1. The van der Waals surface area contributed by atoms with Gasteiger partial charge in [0.1, 0.15) is 5.75 Å². The highest BCUT2D eigenvalue weighted by Crippen LogP contribution is 2.24. The molecule has 3 rings (SSSR count). The lowest BCUT2D eigenvalue weighted by molar-refractivity contribution is 0.251. The van der Waals surface area contributed by atoms with Crippen LogP contribution in [0.2, 0.25) is 0 Å². The van der Waals surface area contributed by atoms with E-state index in [0.29, 0.717) is 18.4 Å². The van der Waals surface area contributed by atoms with E-state index in [4.69, 9.17) is 9.15 Å². The van der Waals surface area contributed by atoms with Gasteiger partial charge in [-0.25, -0.2) is 0 Å². The average Bonchev–Trinajstić information content (AvgIpc) is 2.96. The second kappa shape index (κ2) is 6.05. The van der Waals surface area contributed by atoms with Crippen molar-refractivity contribution in [1.82, 2.24) is 15.5 Å². The van der Waals surface area contributed by atoms with E-state index in [-0.39, 0.29) is 0 Å². The molecular formula is C15H19N3O2. The lowest BCUT2D eigenvalue weighted by Crippen LogP contribution is -2.26. The summed E-state index contributed by atoms with van der Waals surface area (Å²) in [5, 5.41) is 11.6. The number of para-hydroxylation sites is 1. The molecule has 5 heteroatoms. The third-order valence-corrected chi connectivity index (χ3v) is 3.62. The Kier molecular flexibility index (Phi) is 3.97. The number of hydrogen-bond donors (Lipinski definition) is 1. The summed E-state index contributed by atoms with van der Waals surface area (Å²) in [6.45, 7) is 4.37. The van der Waals surface area contributed by atoms with Crippen LogP contribution in [0.4, 0.5) is 0 Å². The van der Waals surface area contributed by atoms with Crippen LogP contribution in [0.25, 0.3) is 0 Å². The lowest BCUT2D eigenvalue weighted by Gasteiger charge is -2.18. The predicted octanol–water partition coefficient (Wildman–Crippen LogP) is 2.42. The van der Waals surface area contributed by atoms with E-state index in [1.807, 2.05) is 31.2 Å². The van der Waals surface area contributed by atoms with Gasteiger partial charge in [0.2, 0.25) is 5.89 Å². The molecule has 1 aliphatic rings. The minimum Gasteiger partial charge on any atom is -0.484 e. The Morgan fingerprint density at radius 1 is 1.25 bits per heavy atom. The highest BCUT2D eigenvalue weighted by atomic mass is 16.5. The molecule has 0 atom stereocenters. The van der Waals surface area contributed by atoms with Crippen LogP contribution in [-0.4, -0.2) is 23.3 Å². The van der Waals surface area contributed by atoms with Gasteiger partial charge in [-0.15, -0.1) is 10.2 Å². The second-order valence-electron chi connectivity index (χ2n) is 5.11. The molecule has 5 nitrogen and oxygen atoms in total. The van der Waals surface area contributed by atoms with Gasteiger partial charge in [0.15, 0.2) is 6.61 Å². The van der Waals surface area contributed by atoms with Crippen molar-refractivity contribution < 1.29 is 9.15 Å². The van der Waals surface area contributed by atoms with Crippen molar-refractivity contribution >= 4 is 0 Å². The SMILES string of the molecule is Cc1ccccc1OCc1nnc(C2CCNCC2)o1. The number of nitrogens with zero attached hydrogens (tertiary/aromatic N) is 2. The molecule has 1 fully saturated rings. The molecule has 0 amide bonds. The van der Waals surface area contributed by atoms with E-state index in [0.717, 1.165) is 43.1 Å². The summed E-state index contributed by atoms with van der Waals surface area (Å²) in [6.07, 6.45) is 2.11. The summed E-state index contributed by atoms with van der Waals surface area (Å²) in [6, 6.07) is 7.91. The van der Waals surface area contributed by atoms with Crippen LogP contribution in [0.15, 0.2) is 28.7 Å². The van der Waals surface area contributed by atoms with Crippen LogP contribution in [-0.2, 0) is 6.61 Å². The zero-order chi connectivity index (χ0) is 13.8. The number of rotatable bonds is 4. The van der Waals surface area contributed by atoms with Crippen LogP contribution in [0.5, 0.6) is 5.75 Å². The number of hydrogen-bond acceptors (Lipinski definition) is 5. The highest BCUT2D eigenvalue weighted by molar-refractivity contribution is 5.31. The van der Waals surface area contributed by atoms with Gasteiger partial charge in [0.25, 0.3) is 5.89 Å². The number of ether oxygens (including phenoxy) is 1. The van der Waals surface area contributed by atoms with E-state index >= 15 is 0 Å². The van der Waals surface area contributed by atoms with Crippen molar-refractivity contribution in [3.8, 4) is 5.75 Å². The number of benzene rings is 1. The van der Waals surface area contributed by atoms with E-state index in [9.17, 15) is 0 Å². The summed E-state index contributed by atoms with van der Waals surface area (Å²) in [4.78, 5) is 0. The van der Waals surface area contributed by atoms with Crippen LogP contribution >= 0.6 is 0 Å². The molecule has 1 aromatic carbocycles. The summed E-state index contributed by atoms with van der Waals surface area (Å²) in [7, 11) is 0. The Balaban J connectivity index is 1.61. The summed E-state index contributed by atoms with van der Waals surface area (Å²) < 4.78 is 11.4. The molecule has 2 heterocycles. The highest BCUT2D eigenvalue weighted by Gasteiger charge is 2.21. The summed E-state index contributed by atoms with van der Waals surface area (Å²) in [5.41, 5.74) is 1.10. The lowest BCUT2D eigenvalue weighted by atomic mass is 9.98. The largest absolute Gasteiger partial charge is 0.484 e. The molecular weight excluding hydrogens is 254 g/mol. The van der Waals surface area contributed by atoms with Gasteiger partial charge in [-0.1, -0.05) is 18.2 Å². The normalized spacial score (nSPS) is 16.2. The minimum atomic E-state index is 0.322. The van der Waals surface area contributed by atoms with Crippen molar-refractivity contribution in [1.29, 1.82) is 0 Å². The maximum atomic E-state index is 5.71. The zero-order valence-electron chi connectivity index (χ0n) is 11.6. The predicted molar refractivity (Wildman–Crippen MR) is 74.7 cm³/mol. The molecule has 106 valence electrons. The number of aryl methyl sites for hydroxylation is 1. The fraction of sp³-hybridized carbons (Fsp3) is 0.467. The fourth-order valence-electron chi connectivity index (χ4n) is 2.42. The van der Waals surface area contributed by atoms with Crippen LogP contribution in [0.1, 0.15) is 36.1 Å². The van der Waals surface area contributed by atoms with Crippen molar-refractivity contribution in [2.45, 2.75) is 32.3 Å². The molecule has 0 unspecified atom stereocenters. The van der Waals surface area contributed by atoms with Crippen molar-refractivity contribution in [2.24, 2.45) is 0 Å². The first-order valence-electron chi connectivity index (χ1n) is 7.04. The topological polar surface area (TPSA) is 60.2 Å². The van der Waals surface area contributed by atoms with Crippen molar-refractivity contribution in [3.63, 3.8) is 0 Å². The minimum absolute atomic E-state index is 0.322. The number of piperidine rings is 1. The summed E-state index contributed by atoms with van der Waals surface area (Å²) in [5.74, 6) is 2.53. The van der Waals surface area contributed by atoms with Gasteiger partial charge in [0, 0.05) is 5.92 Å². The first-order valence-corrected chi connectivity index (χ1v) is 7.04. The first kappa shape index (κ1) is 13.1. The third-order valence-electron chi connectivity index (χ3n) is 3.62. The maximum absolute atomic E-state index is 5.71. The quantitative estimate of drug-likeness (QED) is 0.927. The molecule has 1 saturated heterocycles. The molecule has 2 aromatic rings. The smallest absolute Gasteiger partial charge is 0.253 e. The molecule has 0 bridgehead atoms. The van der Waals surface area contributed by atoms with Gasteiger partial charge >= 0.3 is 0 Å². The molecule has 20 heavy (non-hydrogen) atoms. The molecule has 1 N–H and O–H groups in total. The number of aromatic nitrogens is 2. The Labute approximate surface area is 118 Å². The molecule has 1 aromatic heterocycles. The molecule has 0 aliphatic carbocycles. The van der Waals surface area contributed by atoms with E-state index in [2.05, 4.69) is 15.5 Å². The van der Waals surface area contributed by atoms with Crippen LogP contribution in [0, 0.1) is 6.92 Å². The van der Waals surface area contributed by atoms with Gasteiger partial charge in [0.05, 0.1) is 0 Å². The van der Waals surface area contributed by atoms with Crippen LogP contribution in [0.3, 0.4) is 0 Å². The van der Waals surface area contributed by atoms with E-state index in [1.165, 1.54) is 0 Å². The third kappa shape index (κ3) is 2.99. The molecule has 0 spiro atoms. The second-order valence-corrected chi connectivity index (χ2v) is 5.11. The molecule has 1 aliphatic heterocycles. The van der Waals surface area contributed by atoms with Gasteiger partial charge in [-0.3, -0.25) is 0 Å². The Morgan fingerprint density at radius 3 is 2.85 bits per heavy atom. The van der Waals surface area contributed by atoms with Crippen molar-refractivity contribution in [2.75, 3.05) is 13.1 Å². The van der Waals surface area contributed by atoms with E-state index < -0.39 is 0 Å². The Bertz CT molecular complexity index is 562. The maximum Gasteiger partial charge on any atom is 0.253 e. The van der Waals surface area contributed by atoms with Gasteiger partial charge in [-0.2, -0.15) is 0 Å². The Morgan fingerprint density at radius 2 is 2.05 bits per heavy atom. The molecule has 0 radical (unpaired) electrons. The monoisotopic (exact) mass is 273 g/mol.